The second-order valence-electron chi connectivity index (χ2n) is 18.3. The number of nitrogens with zero attached hydrogens (tertiary/aromatic N) is 4. The molecule has 316 valence electrons. The summed E-state index contributed by atoms with van der Waals surface area (Å²) >= 11 is 0. The van der Waals surface area contributed by atoms with Crippen molar-refractivity contribution in [2.45, 2.75) is 76.7 Å². The average molecular weight is 829 g/mol. The third-order valence-electron chi connectivity index (χ3n) is 15.3. The zero-order valence-corrected chi connectivity index (χ0v) is 35.2. The number of hydrogen-bond acceptors (Lipinski definition) is 10. The molecule has 62 heavy (non-hydrogen) atoms. The van der Waals surface area contributed by atoms with Crippen molar-refractivity contribution in [2.75, 3.05) is 26.2 Å². The molecule has 2 N–H and O–H groups in total. The van der Waals surface area contributed by atoms with Crippen molar-refractivity contribution in [3.05, 3.63) is 131 Å². The number of carbonyl (C=O) groups excluding carboxylic acids is 2. The second-order valence-corrected chi connectivity index (χ2v) is 18.3. The van der Waals surface area contributed by atoms with Crippen molar-refractivity contribution < 1.29 is 29.3 Å². The number of benzene rings is 4. The molecule has 6 aromatic rings. The lowest BCUT2D eigenvalue weighted by molar-refractivity contribution is -0.0493. The van der Waals surface area contributed by atoms with Gasteiger partial charge < -0.3 is 19.7 Å². The van der Waals surface area contributed by atoms with Gasteiger partial charge in [-0.05, 0) is 123 Å². The summed E-state index contributed by atoms with van der Waals surface area (Å²) in [6.45, 7) is 8.39. The Bertz CT molecular complexity index is 2570. The number of pyridine rings is 2. The van der Waals surface area contributed by atoms with Crippen molar-refractivity contribution in [2.24, 2.45) is 23.7 Å². The minimum Gasteiger partial charge on any atom is -0.508 e. The summed E-state index contributed by atoms with van der Waals surface area (Å²) in [5, 5.41) is 23.1. The first-order chi connectivity index (χ1) is 30.3. The van der Waals surface area contributed by atoms with Gasteiger partial charge in [0.1, 0.15) is 35.2 Å². The summed E-state index contributed by atoms with van der Waals surface area (Å²) in [7, 11) is 0. The Balaban J connectivity index is 1.07. The first-order valence-corrected chi connectivity index (χ1v) is 22.6. The van der Waals surface area contributed by atoms with E-state index >= 15 is 9.59 Å². The molecule has 6 fully saturated rings. The van der Waals surface area contributed by atoms with Gasteiger partial charge in [0.2, 0.25) is 0 Å². The number of ketones is 2. The first-order valence-electron chi connectivity index (χ1n) is 22.6. The van der Waals surface area contributed by atoms with Crippen molar-refractivity contribution in [1.29, 1.82) is 0 Å². The van der Waals surface area contributed by atoms with Crippen LogP contribution in [0, 0.1) is 23.7 Å². The van der Waals surface area contributed by atoms with Crippen molar-refractivity contribution in [3.8, 4) is 23.0 Å². The summed E-state index contributed by atoms with van der Waals surface area (Å²) in [4.78, 5) is 44.4. The van der Waals surface area contributed by atoms with Crippen molar-refractivity contribution >= 4 is 33.4 Å². The highest BCUT2D eigenvalue weighted by Gasteiger charge is 2.47. The van der Waals surface area contributed by atoms with Gasteiger partial charge >= 0.3 is 0 Å². The van der Waals surface area contributed by atoms with Gasteiger partial charge in [-0.25, -0.2) is 0 Å². The quantitative estimate of drug-likeness (QED) is 0.138. The maximum atomic E-state index is 15.0. The molecule has 0 spiro atoms. The van der Waals surface area contributed by atoms with Crippen LogP contribution < -0.4 is 9.47 Å². The minimum atomic E-state index is -0.542. The van der Waals surface area contributed by atoms with E-state index in [4.69, 9.17) is 9.47 Å². The standard InChI is InChI=1S/C52H52N4O6/c1-3-29-27-55-21-17-31(29)23-43(55)51(37-15-19-53-41-11-9-33(57)25-39(37)41)61-45-13-14-46(48-47(45)49(59)35-7-5-6-8-36(35)50(48)60)62-52(44-24-32-18-22-56(44)28-30(32)4-2)38-16-20-54-42-12-10-34(58)26-40(38)42/h5-16,19-20,25-26,29-32,43-44,51-52,57-58H,3-4,17-18,21-24,27-28H2,1-2H3/t29?,30?,31?,32?,43-,44-,51-,52-/m0/s1. The zero-order chi connectivity index (χ0) is 42.2. The lowest BCUT2D eigenvalue weighted by Crippen LogP contribution is -2.56. The number of phenols is 2. The Morgan fingerprint density at radius 2 is 1.08 bits per heavy atom. The van der Waals surface area contributed by atoms with Crippen LogP contribution in [0.25, 0.3) is 21.8 Å². The van der Waals surface area contributed by atoms with E-state index in [2.05, 4.69) is 33.6 Å². The predicted molar refractivity (Wildman–Crippen MR) is 237 cm³/mol. The van der Waals surface area contributed by atoms with Gasteiger partial charge in [-0.3, -0.25) is 29.4 Å². The molecule has 1 aliphatic carbocycles. The Hall–Kier alpha value is -5.84. The number of carbonyl (C=O) groups is 2. The molecule has 8 heterocycles. The zero-order valence-electron chi connectivity index (χ0n) is 35.2. The van der Waals surface area contributed by atoms with E-state index in [9.17, 15) is 10.2 Å². The smallest absolute Gasteiger partial charge is 0.198 e. The van der Waals surface area contributed by atoms with Crippen LogP contribution in [0.2, 0.25) is 0 Å². The molecule has 6 unspecified atom stereocenters. The number of fused-ring (bicyclic) bond motifs is 10. The molecule has 4 aromatic carbocycles. The molecule has 0 radical (unpaired) electrons. The van der Waals surface area contributed by atoms with E-state index < -0.39 is 12.2 Å². The predicted octanol–water partition coefficient (Wildman–Crippen LogP) is 9.45. The summed E-state index contributed by atoms with van der Waals surface area (Å²) in [6.07, 6.45) is 8.85. The molecule has 10 atom stereocenters. The number of ether oxygens (including phenoxy) is 2. The normalized spacial score (nSPS) is 27.2. The van der Waals surface area contributed by atoms with Gasteiger partial charge in [0, 0.05) is 58.5 Å². The average Bonchev–Trinajstić information content (AvgIpc) is 3.31. The number of aromatic nitrogens is 2. The van der Waals surface area contributed by atoms with E-state index in [1.54, 1.807) is 60.9 Å². The first kappa shape index (κ1) is 39.0. The fourth-order valence-corrected chi connectivity index (χ4v) is 12.1. The summed E-state index contributed by atoms with van der Waals surface area (Å²) < 4.78 is 14.6. The third-order valence-corrected chi connectivity index (χ3v) is 15.3. The summed E-state index contributed by atoms with van der Waals surface area (Å²) in [6, 6.07) is 25.0. The van der Waals surface area contributed by atoms with Gasteiger partial charge in [-0.15, -0.1) is 0 Å². The van der Waals surface area contributed by atoms with E-state index in [1.165, 1.54) is 0 Å². The molecule has 2 aromatic heterocycles. The Morgan fingerprint density at radius 3 is 1.48 bits per heavy atom. The molecule has 6 aliphatic heterocycles. The van der Waals surface area contributed by atoms with Crippen LogP contribution in [-0.2, 0) is 0 Å². The van der Waals surface area contributed by atoms with Gasteiger partial charge in [0.25, 0.3) is 0 Å². The summed E-state index contributed by atoms with van der Waals surface area (Å²) in [5.41, 5.74) is 4.30. The SMILES string of the molecule is CCC1CN2CCC1C[C@H]2[C@@H](Oc1ccc(O[C@@H](c2ccnc3ccc(O)cc23)[C@@H]2CC3CCN2CC3CC)c2c1C(=O)c1ccccc1C2=O)c1ccnc2ccc(O)cc12. The molecular formula is C52H52N4O6. The Kier molecular flexibility index (Phi) is 9.76. The number of aromatic hydroxyl groups is 2. The maximum absolute atomic E-state index is 15.0. The Labute approximate surface area is 361 Å². The molecule has 4 bridgehead atoms. The molecule has 7 aliphatic rings. The lowest BCUT2D eigenvalue weighted by atomic mass is 9.72. The van der Waals surface area contributed by atoms with E-state index in [0.717, 1.165) is 97.6 Å². The highest BCUT2D eigenvalue weighted by atomic mass is 16.5. The Morgan fingerprint density at radius 1 is 0.629 bits per heavy atom. The van der Waals surface area contributed by atoms with Gasteiger partial charge in [-0.2, -0.15) is 0 Å². The molecule has 6 saturated heterocycles. The lowest BCUT2D eigenvalue weighted by Gasteiger charge is -2.52. The summed E-state index contributed by atoms with van der Waals surface area (Å²) in [5.74, 6) is 2.66. The minimum absolute atomic E-state index is 0.0127. The van der Waals surface area contributed by atoms with Crippen LogP contribution in [0.5, 0.6) is 23.0 Å². The molecule has 13 rings (SSSR count). The molecule has 10 nitrogen and oxygen atoms in total. The van der Waals surface area contributed by atoms with Gasteiger partial charge in [0.15, 0.2) is 11.6 Å². The van der Waals surface area contributed by atoms with E-state index in [0.29, 0.717) is 46.3 Å². The number of hydrogen-bond donors (Lipinski definition) is 2. The molecule has 0 amide bonds. The second kappa shape index (κ2) is 15.5. The largest absolute Gasteiger partial charge is 0.508 e. The monoisotopic (exact) mass is 828 g/mol. The molecule has 0 saturated carbocycles. The molecule has 10 heteroatoms. The van der Waals surface area contributed by atoms with E-state index in [1.807, 2.05) is 36.4 Å². The van der Waals surface area contributed by atoms with E-state index in [-0.39, 0.29) is 46.3 Å². The topological polar surface area (TPSA) is 125 Å². The van der Waals surface area contributed by atoms with Crippen LogP contribution in [0.15, 0.2) is 97.3 Å². The van der Waals surface area contributed by atoms with Crippen LogP contribution in [0.3, 0.4) is 0 Å². The van der Waals surface area contributed by atoms with Crippen molar-refractivity contribution in [1.82, 2.24) is 19.8 Å². The maximum Gasteiger partial charge on any atom is 0.198 e. The van der Waals surface area contributed by atoms with Crippen LogP contribution >= 0.6 is 0 Å². The van der Waals surface area contributed by atoms with Gasteiger partial charge in [0.05, 0.1) is 34.2 Å². The fraction of sp³-hybridized carbons (Fsp3) is 0.385. The molecular weight excluding hydrogens is 777 g/mol. The number of rotatable bonds is 10. The van der Waals surface area contributed by atoms with Crippen molar-refractivity contribution in [3.63, 3.8) is 0 Å². The van der Waals surface area contributed by atoms with Crippen LogP contribution in [-0.4, -0.2) is 79.8 Å². The third kappa shape index (κ3) is 6.44. The highest BCUT2D eigenvalue weighted by Crippen LogP contribution is 2.49. The fourth-order valence-electron chi connectivity index (χ4n) is 12.1. The number of piperidine rings is 6. The van der Waals surface area contributed by atoms with Gasteiger partial charge in [-0.1, -0.05) is 51.0 Å². The highest BCUT2D eigenvalue weighted by molar-refractivity contribution is 6.30. The van der Waals surface area contributed by atoms with Crippen LogP contribution in [0.1, 0.15) is 108 Å². The number of phenolic OH excluding ortho intramolecular Hbond substituents is 2. The van der Waals surface area contributed by atoms with Crippen LogP contribution in [0.4, 0.5) is 0 Å².